The van der Waals surface area contributed by atoms with E-state index in [4.69, 9.17) is 9.47 Å². The van der Waals surface area contributed by atoms with Gasteiger partial charge in [-0.1, -0.05) is 72.5 Å². The molecule has 0 spiro atoms. The number of benzene rings is 3. The molecule has 2 aromatic heterocycles. The Balaban J connectivity index is 0.980. The summed E-state index contributed by atoms with van der Waals surface area (Å²) < 4.78 is 11.0. The molecule has 2 aliphatic heterocycles. The third-order valence-electron chi connectivity index (χ3n) is 10.5. The van der Waals surface area contributed by atoms with Crippen LogP contribution in [-0.2, 0) is 19.1 Å². The van der Waals surface area contributed by atoms with Crippen LogP contribution in [0, 0.1) is 23.7 Å². The lowest BCUT2D eigenvalue weighted by molar-refractivity contribution is -0.135. The summed E-state index contributed by atoms with van der Waals surface area (Å²) in [5, 5.41) is 5.58. The van der Waals surface area contributed by atoms with Crippen molar-refractivity contribution in [3.05, 3.63) is 143 Å². The van der Waals surface area contributed by atoms with Crippen molar-refractivity contribution in [1.82, 2.24) is 40.4 Å². The van der Waals surface area contributed by atoms with Gasteiger partial charge in [-0.2, -0.15) is 0 Å². The van der Waals surface area contributed by atoms with Gasteiger partial charge in [-0.15, -0.1) is 0 Å². The molecule has 4 atom stereocenters. The van der Waals surface area contributed by atoms with E-state index in [2.05, 4.69) is 54.3 Å². The molecule has 4 amide bonds. The second-order valence-electron chi connectivity index (χ2n) is 17.8. The molecule has 2 aliphatic rings. The van der Waals surface area contributed by atoms with Gasteiger partial charge in [-0.3, -0.25) is 9.59 Å². The van der Waals surface area contributed by atoms with Gasteiger partial charge >= 0.3 is 12.2 Å². The Morgan fingerprint density at radius 2 is 0.969 bits per heavy atom. The highest BCUT2D eigenvalue weighted by atomic mass is 16.6. The van der Waals surface area contributed by atoms with E-state index in [0.29, 0.717) is 60.1 Å². The van der Waals surface area contributed by atoms with Crippen LogP contribution in [0.15, 0.2) is 97.3 Å². The largest absolute Gasteiger partial charge is 0.444 e. The molecule has 0 aliphatic carbocycles. The van der Waals surface area contributed by atoms with Crippen LogP contribution in [0.5, 0.6) is 0 Å². The summed E-state index contributed by atoms with van der Waals surface area (Å²) in [4.78, 5) is 73.1. The number of aromatic nitrogens is 4. The van der Waals surface area contributed by atoms with E-state index in [-0.39, 0.29) is 23.9 Å². The van der Waals surface area contributed by atoms with Crippen LogP contribution in [0.4, 0.5) is 9.59 Å². The van der Waals surface area contributed by atoms with E-state index in [1.54, 1.807) is 63.7 Å². The van der Waals surface area contributed by atoms with E-state index in [1.807, 2.05) is 84.9 Å². The lowest BCUT2D eigenvalue weighted by Gasteiger charge is -2.29. The van der Waals surface area contributed by atoms with Gasteiger partial charge in [0.25, 0.3) is 11.8 Å². The van der Waals surface area contributed by atoms with Crippen LogP contribution < -0.4 is 10.6 Å². The van der Waals surface area contributed by atoms with Crippen LogP contribution in [-0.4, -0.2) is 78.0 Å². The summed E-state index contributed by atoms with van der Waals surface area (Å²) in [6, 6.07) is 23.4. The molecular weight excluding hydrogens is 809 g/mol. The zero-order valence-electron chi connectivity index (χ0n) is 37.0. The highest BCUT2D eigenvalue weighted by Crippen LogP contribution is 2.34. The van der Waals surface area contributed by atoms with Crippen LogP contribution in [0.25, 0.3) is 0 Å². The number of amides is 4. The van der Waals surface area contributed by atoms with Gasteiger partial charge in [-0.05, 0) is 114 Å². The third-order valence-corrected chi connectivity index (χ3v) is 10.5. The maximum Gasteiger partial charge on any atom is 0.408 e. The van der Waals surface area contributed by atoms with Crippen LogP contribution >= 0.6 is 0 Å². The van der Waals surface area contributed by atoms with Gasteiger partial charge in [-0.25, -0.2) is 19.6 Å². The maximum absolute atomic E-state index is 14.1. The number of carbonyl (C=O) groups excluding carboxylic acids is 4. The first-order chi connectivity index (χ1) is 30.6. The molecule has 7 rings (SSSR count). The number of nitrogens with one attached hydrogen (secondary N) is 4. The SMILES string of the molecule is CC(C)(C)OC(=O)N[C@@H](C(=O)N1CCC[C@H]1c1ncc(C#Cc2ccc(C#Cc3cnc([C@@H]4CCCN4C(=O)[C@H](NC(=O)OC(C)(C)C)c4ccccc4)[nH]3)cc2)[nH]1)c1ccccc1. The van der Waals surface area contributed by atoms with E-state index in [0.717, 1.165) is 24.0 Å². The zero-order valence-corrected chi connectivity index (χ0v) is 37.0. The number of aromatic amines is 2. The van der Waals surface area contributed by atoms with Crippen molar-refractivity contribution in [1.29, 1.82) is 0 Å². The average molecular weight is 863 g/mol. The van der Waals surface area contributed by atoms with Gasteiger partial charge < -0.3 is 39.9 Å². The summed E-state index contributed by atoms with van der Waals surface area (Å²) >= 11 is 0. The Labute approximate surface area is 373 Å². The van der Waals surface area contributed by atoms with Crippen molar-refractivity contribution in [3.8, 4) is 23.7 Å². The predicted octanol–water partition coefficient (Wildman–Crippen LogP) is 7.79. The third kappa shape index (κ3) is 11.6. The molecule has 2 saturated heterocycles. The summed E-state index contributed by atoms with van der Waals surface area (Å²) in [6.07, 6.45) is 5.00. The molecule has 3 aromatic carbocycles. The molecular formula is C50H54N8O6. The molecule has 4 heterocycles. The highest BCUT2D eigenvalue weighted by molar-refractivity contribution is 5.88. The minimum atomic E-state index is -0.924. The van der Waals surface area contributed by atoms with Crippen molar-refractivity contribution in [3.63, 3.8) is 0 Å². The number of carbonyl (C=O) groups is 4. The van der Waals surface area contributed by atoms with Crippen LogP contribution in [0.3, 0.4) is 0 Å². The van der Waals surface area contributed by atoms with Crippen molar-refractivity contribution < 1.29 is 28.7 Å². The summed E-state index contributed by atoms with van der Waals surface area (Å²) in [5.41, 5.74) is 2.66. The quantitative estimate of drug-likeness (QED) is 0.114. The first-order valence-electron chi connectivity index (χ1n) is 21.5. The first-order valence-corrected chi connectivity index (χ1v) is 21.5. The molecule has 2 fully saturated rings. The number of hydrogen-bond acceptors (Lipinski definition) is 8. The Morgan fingerprint density at radius 3 is 1.33 bits per heavy atom. The molecule has 4 N–H and O–H groups in total. The fourth-order valence-electron chi connectivity index (χ4n) is 7.73. The Morgan fingerprint density at radius 1 is 0.594 bits per heavy atom. The van der Waals surface area contributed by atoms with Gasteiger partial charge in [0.1, 0.15) is 46.3 Å². The lowest BCUT2D eigenvalue weighted by Crippen LogP contribution is -2.44. The molecule has 5 aromatic rings. The summed E-state index contributed by atoms with van der Waals surface area (Å²) in [6.45, 7) is 11.7. The number of nitrogens with zero attached hydrogens (tertiary/aromatic N) is 4. The second-order valence-corrected chi connectivity index (χ2v) is 17.8. The Hall–Kier alpha value is -7.32. The van der Waals surface area contributed by atoms with Crippen LogP contribution in [0.2, 0.25) is 0 Å². The highest BCUT2D eigenvalue weighted by Gasteiger charge is 2.39. The smallest absolute Gasteiger partial charge is 0.408 e. The van der Waals surface area contributed by atoms with Crippen molar-refractivity contribution >= 4 is 24.0 Å². The molecule has 0 unspecified atom stereocenters. The molecule has 14 nitrogen and oxygen atoms in total. The standard InChI is InChI=1S/C50H54N8O6/c1-49(2,3)63-47(61)55-41(35-15-9-7-10-16-35)45(59)57-29-13-19-39(57)43-51-31-37(53-43)27-25-33-21-23-34(24-22-33)26-28-38-32-52-44(54-38)40-20-14-30-58(40)46(60)42(36-17-11-8-12-18-36)56-48(62)64-50(4,5)6/h7-12,15-18,21-24,31-32,39-42H,13-14,19-20,29-30H2,1-6H3,(H,51,53)(H,52,54)(H,55,61)(H,56,62)/t39-,40-,41+,42+/m0/s1. The van der Waals surface area contributed by atoms with Crippen molar-refractivity contribution in [2.75, 3.05) is 13.1 Å². The molecule has 0 radical (unpaired) electrons. The van der Waals surface area contributed by atoms with Gasteiger partial charge in [0.2, 0.25) is 0 Å². The van der Waals surface area contributed by atoms with Gasteiger partial charge in [0.15, 0.2) is 0 Å². The fourth-order valence-corrected chi connectivity index (χ4v) is 7.73. The second kappa shape index (κ2) is 19.4. The number of alkyl carbamates (subject to hydrolysis) is 2. The minimum Gasteiger partial charge on any atom is -0.444 e. The average Bonchev–Trinajstić information content (AvgIpc) is 4.10. The molecule has 0 saturated carbocycles. The number of ether oxygens (including phenoxy) is 2. The van der Waals surface area contributed by atoms with Crippen LogP contribution in [0.1, 0.15) is 137 Å². The number of rotatable bonds is 8. The fraction of sp³-hybridized carbons (Fsp3) is 0.360. The number of H-pyrrole nitrogens is 2. The predicted molar refractivity (Wildman–Crippen MR) is 240 cm³/mol. The van der Waals surface area contributed by atoms with E-state index < -0.39 is 35.5 Å². The topological polar surface area (TPSA) is 175 Å². The van der Waals surface area contributed by atoms with E-state index >= 15 is 0 Å². The number of imidazole rings is 2. The van der Waals surface area contributed by atoms with E-state index in [9.17, 15) is 19.2 Å². The normalized spacial score (nSPS) is 17.0. The minimum absolute atomic E-state index is 0.240. The van der Waals surface area contributed by atoms with Gasteiger partial charge in [0.05, 0.1) is 24.5 Å². The molecule has 64 heavy (non-hydrogen) atoms. The number of likely N-dealkylation sites (tertiary alicyclic amines) is 2. The van der Waals surface area contributed by atoms with Gasteiger partial charge in [0, 0.05) is 24.2 Å². The van der Waals surface area contributed by atoms with Crippen molar-refractivity contribution in [2.24, 2.45) is 0 Å². The summed E-state index contributed by atoms with van der Waals surface area (Å²) in [7, 11) is 0. The molecule has 14 heteroatoms. The Kier molecular flexibility index (Phi) is 13.5. The lowest BCUT2D eigenvalue weighted by atomic mass is 10.0. The molecule has 330 valence electrons. The molecule has 0 bridgehead atoms. The maximum atomic E-state index is 14.1. The number of hydrogen-bond donors (Lipinski definition) is 4. The zero-order chi connectivity index (χ0) is 45.4. The summed E-state index contributed by atoms with van der Waals surface area (Å²) in [5.74, 6) is 13.4. The Bertz CT molecular complexity index is 2390. The first kappa shape index (κ1) is 44.7. The van der Waals surface area contributed by atoms with Crippen molar-refractivity contribution in [2.45, 2.75) is 103 Å². The monoisotopic (exact) mass is 862 g/mol. The van der Waals surface area contributed by atoms with E-state index in [1.165, 1.54) is 0 Å².